The molecule has 0 saturated carbocycles. The largest absolute Gasteiger partial charge is 0.462 e. The molecule has 1 aromatic carbocycles. The minimum Gasteiger partial charge on any atom is -0.462 e. The number of para-hydroxylation sites is 1. The van der Waals surface area contributed by atoms with Gasteiger partial charge in [0, 0.05) is 24.0 Å². The maximum absolute atomic E-state index is 14.0. The topological polar surface area (TPSA) is 54.5 Å². The molecule has 0 spiro atoms. The summed E-state index contributed by atoms with van der Waals surface area (Å²) in [6.07, 6.45) is 0.814. The number of hydrogen-bond acceptors (Lipinski definition) is 7. The number of carbonyl (C=O) groups excluding carboxylic acids is 1. The van der Waals surface area contributed by atoms with Gasteiger partial charge in [0.2, 0.25) is 0 Å². The van der Waals surface area contributed by atoms with Crippen LogP contribution in [0.15, 0.2) is 18.2 Å². The molecule has 1 aliphatic rings. The zero-order valence-corrected chi connectivity index (χ0v) is 17.7. The van der Waals surface area contributed by atoms with E-state index in [9.17, 15) is 9.18 Å². The molecule has 0 saturated heterocycles. The van der Waals surface area contributed by atoms with E-state index in [0.717, 1.165) is 34.8 Å². The molecule has 0 amide bonds. The summed E-state index contributed by atoms with van der Waals surface area (Å²) in [4.78, 5) is 20.6. The Kier molecular flexibility index (Phi) is 5.35. The summed E-state index contributed by atoms with van der Waals surface area (Å²) in [5, 5.41) is 4.57. The van der Waals surface area contributed by atoms with Crippen molar-refractivity contribution < 1.29 is 13.9 Å². The number of nitrogens with one attached hydrogen (secondary N) is 1. The monoisotopic (exact) mass is 419 g/mol. The van der Waals surface area contributed by atoms with E-state index >= 15 is 0 Å². The summed E-state index contributed by atoms with van der Waals surface area (Å²) in [5.74, 6) is -0.654. The maximum Gasteiger partial charge on any atom is 0.341 e. The third-order valence-corrected chi connectivity index (χ3v) is 6.95. The molecule has 4 rings (SSSR count). The summed E-state index contributed by atoms with van der Waals surface area (Å²) in [7, 11) is 0. The van der Waals surface area contributed by atoms with Crippen molar-refractivity contribution in [1.82, 2.24) is 9.88 Å². The second-order valence-corrected chi connectivity index (χ2v) is 9.11. The zero-order chi connectivity index (χ0) is 19.8. The summed E-state index contributed by atoms with van der Waals surface area (Å²) >= 11 is 2.94. The van der Waals surface area contributed by atoms with Crippen molar-refractivity contribution >= 4 is 49.0 Å². The van der Waals surface area contributed by atoms with E-state index in [1.807, 2.05) is 6.07 Å². The molecule has 1 aliphatic heterocycles. The van der Waals surface area contributed by atoms with Crippen molar-refractivity contribution in [2.24, 2.45) is 0 Å². The van der Waals surface area contributed by atoms with Gasteiger partial charge in [0.1, 0.15) is 16.3 Å². The first-order valence-corrected chi connectivity index (χ1v) is 11.0. The lowest BCUT2D eigenvalue weighted by atomic mass is 10.0. The van der Waals surface area contributed by atoms with Gasteiger partial charge in [-0.1, -0.05) is 17.4 Å². The Bertz CT molecular complexity index is 1030. The van der Waals surface area contributed by atoms with Crippen molar-refractivity contribution in [2.75, 3.05) is 18.5 Å². The lowest BCUT2D eigenvalue weighted by Crippen LogP contribution is -2.35. The number of benzene rings is 1. The predicted molar refractivity (Wildman–Crippen MR) is 112 cm³/mol. The molecular weight excluding hydrogens is 397 g/mol. The number of hydrogen-bond donors (Lipinski definition) is 1. The van der Waals surface area contributed by atoms with Crippen molar-refractivity contribution in [3.05, 3.63) is 40.0 Å². The van der Waals surface area contributed by atoms with Crippen molar-refractivity contribution in [1.29, 1.82) is 0 Å². The third-order valence-electron chi connectivity index (χ3n) is 4.89. The Hall–Kier alpha value is -2.03. The SMILES string of the molecule is CCOC(=O)c1c(Nc2nc3c(F)cccc3s2)sc2c1CCN(C(C)C)C2. The lowest BCUT2D eigenvalue weighted by molar-refractivity contribution is 0.0526. The maximum atomic E-state index is 14.0. The Morgan fingerprint density at radius 3 is 2.93 bits per heavy atom. The van der Waals surface area contributed by atoms with Crippen LogP contribution in [-0.2, 0) is 17.7 Å². The number of thiophene rings is 1. The highest BCUT2D eigenvalue weighted by Crippen LogP contribution is 2.40. The van der Waals surface area contributed by atoms with E-state index in [-0.39, 0.29) is 11.8 Å². The van der Waals surface area contributed by atoms with Crippen molar-refractivity contribution in [3.8, 4) is 0 Å². The minimum absolute atomic E-state index is 0.312. The second-order valence-electron chi connectivity index (χ2n) is 6.97. The molecule has 8 heteroatoms. The van der Waals surface area contributed by atoms with Crippen LogP contribution in [0.1, 0.15) is 41.6 Å². The Morgan fingerprint density at radius 1 is 1.39 bits per heavy atom. The van der Waals surface area contributed by atoms with Crippen LogP contribution in [0.25, 0.3) is 10.2 Å². The lowest BCUT2D eigenvalue weighted by Gasteiger charge is -2.30. The van der Waals surface area contributed by atoms with E-state index in [1.165, 1.54) is 22.3 Å². The van der Waals surface area contributed by atoms with Gasteiger partial charge in [-0.3, -0.25) is 4.90 Å². The third kappa shape index (κ3) is 3.52. The van der Waals surface area contributed by atoms with E-state index in [0.29, 0.717) is 28.9 Å². The van der Waals surface area contributed by atoms with Gasteiger partial charge in [-0.25, -0.2) is 14.2 Å². The van der Waals surface area contributed by atoms with Crippen LogP contribution in [-0.4, -0.2) is 35.0 Å². The average Bonchev–Trinajstić information content (AvgIpc) is 3.22. The van der Waals surface area contributed by atoms with Gasteiger partial charge < -0.3 is 10.1 Å². The number of ether oxygens (including phenoxy) is 1. The second kappa shape index (κ2) is 7.77. The first-order chi connectivity index (χ1) is 13.5. The molecule has 148 valence electrons. The fraction of sp³-hybridized carbons (Fsp3) is 0.400. The number of esters is 1. The molecule has 0 bridgehead atoms. The van der Waals surface area contributed by atoms with E-state index in [2.05, 4.69) is 29.0 Å². The Labute approximate surface area is 171 Å². The molecule has 0 fully saturated rings. The molecule has 0 radical (unpaired) electrons. The highest BCUT2D eigenvalue weighted by molar-refractivity contribution is 7.23. The smallest absolute Gasteiger partial charge is 0.341 e. The number of aromatic nitrogens is 1. The zero-order valence-electron chi connectivity index (χ0n) is 16.0. The van der Waals surface area contributed by atoms with Crippen LogP contribution in [0.3, 0.4) is 0 Å². The fourth-order valence-electron chi connectivity index (χ4n) is 3.44. The number of rotatable bonds is 5. The van der Waals surface area contributed by atoms with E-state index in [1.54, 1.807) is 24.3 Å². The molecule has 0 unspecified atom stereocenters. The molecule has 3 heterocycles. The van der Waals surface area contributed by atoms with E-state index < -0.39 is 0 Å². The molecule has 0 aliphatic carbocycles. The number of thiazole rings is 1. The van der Waals surface area contributed by atoms with Gasteiger partial charge in [-0.15, -0.1) is 11.3 Å². The molecule has 0 atom stereocenters. The van der Waals surface area contributed by atoms with E-state index in [4.69, 9.17) is 4.74 Å². The van der Waals surface area contributed by atoms with Gasteiger partial charge in [-0.05, 0) is 44.9 Å². The Balaban J connectivity index is 1.72. The van der Waals surface area contributed by atoms with Crippen LogP contribution < -0.4 is 5.32 Å². The molecule has 28 heavy (non-hydrogen) atoms. The molecule has 1 N–H and O–H groups in total. The highest BCUT2D eigenvalue weighted by Gasteiger charge is 2.30. The van der Waals surface area contributed by atoms with Gasteiger partial charge >= 0.3 is 5.97 Å². The van der Waals surface area contributed by atoms with Crippen molar-refractivity contribution in [2.45, 2.75) is 39.8 Å². The standard InChI is InChI=1S/C20H22FN3O2S2/c1-4-26-19(25)16-12-8-9-24(11(2)3)10-15(12)27-18(16)23-20-22-17-13(21)6-5-7-14(17)28-20/h5-7,11H,4,8-10H2,1-3H3,(H,22,23). The van der Waals surface area contributed by atoms with Gasteiger partial charge in [0.05, 0.1) is 16.9 Å². The van der Waals surface area contributed by atoms with Crippen LogP contribution in [0.4, 0.5) is 14.5 Å². The van der Waals surface area contributed by atoms with Crippen LogP contribution in [0, 0.1) is 5.82 Å². The van der Waals surface area contributed by atoms with Gasteiger partial charge in [-0.2, -0.15) is 0 Å². The summed E-state index contributed by atoms with van der Waals surface area (Å²) in [6, 6.07) is 5.37. The predicted octanol–water partition coefficient (Wildman–Crippen LogP) is 5.18. The quantitative estimate of drug-likeness (QED) is 0.577. The fourth-order valence-corrected chi connectivity index (χ4v) is 5.65. The molecule has 3 aromatic rings. The van der Waals surface area contributed by atoms with Gasteiger partial charge in [0.15, 0.2) is 5.13 Å². The molecular formula is C20H22FN3O2S2. The molecule has 5 nitrogen and oxygen atoms in total. The normalized spacial score (nSPS) is 14.5. The Morgan fingerprint density at radius 2 is 2.21 bits per heavy atom. The van der Waals surface area contributed by atoms with Gasteiger partial charge in [0.25, 0.3) is 0 Å². The number of fused-ring (bicyclic) bond motifs is 2. The summed E-state index contributed by atoms with van der Waals surface area (Å²) in [6.45, 7) is 8.23. The molecule has 2 aromatic heterocycles. The number of anilines is 2. The number of nitrogens with zero attached hydrogens (tertiary/aromatic N) is 2. The first-order valence-electron chi connectivity index (χ1n) is 9.35. The first kappa shape index (κ1) is 19.3. The van der Waals surface area contributed by atoms with Crippen LogP contribution in [0.2, 0.25) is 0 Å². The van der Waals surface area contributed by atoms with Crippen LogP contribution in [0.5, 0.6) is 0 Å². The summed E-state index contributed by atoms with van der Waals surface area (Å²) < 4.78 is 20.1. The van der Waals surface area contributed by atoms with Crippen LogP contribution >= 0.6 is 22.7 Å². The summed E-state index contributed by atoms with van der Waals surface area (Å²) in [5.41, 5.74) is 2.01. The average molecular weight is 420 g/mol. The number of halogens is 1. The van der Waals surface area contributed by atoms with Crippen molar-refractivity contribution in [3.63, 3.8) is 0 Å². The highest BCUT2D eigenvalue weighted by atomic mass is 32.1. The number of carbonyl (C=O) groups is 1. The minimum atomic E-state index is -0.342.